The van der Waals surface area contributed by atoms with E-state index in [-0.39, 0.29) is 17.8 Å². The van der Waals surface area contributed by atoms with Gasteiger partial charge in [0, 0.05) is 38.3 Å². The van der Waals surface area contributed by atoms with E-state index in [9.17, 15) is 4.79 Å². The van der Waals surface area contributed by atoms with Gasteiger partial charge in [-0.25, -0.2) is 4.98 Å². The fourth-order valence-electron chi connectivity index (χ4n) is 4.81. The molecule has 0 unspecified atom stereocenters. The molecule has 6 nitrogen and oxygen atoms in total. The minimum atomic E-state index is 0.00339. The minimum absolute atomic E-state index is 0.00339. The number of aromatic amines is 1. The van der Waals surface area contributed by atoms with E-state index in [1.807, 2.05) is 6.07 Å². The number of ether oxygens (including phenoxy) is 1. The predicted octanol–water partition coefficient (Wildman–Crippen LogP) is 3.61. The molecule has 1 aromatic heterocycles. The van der Waals surface area contributed by atoms with Gasteiger partial charge in [-0.1, -0.05) is 54.6 Å². The molecule has 1 saturated heterocycles. The SMILES string of the molecule is C[C@@H]1CN(c2nc3c(c(=O)[nH]2)CCN(Cc2ccc(-c4ccccc4)cc2)C3)C[C@H](C)O1. The highest BCUT2D eigenvalue weighted by Crippen LogP contribution is 2.23. The number of hydrogen-bond acceptors (Lipinski definition) is 5. The summed E-state index contributed by atoms with van der Waals surface area (Å²) in [7, 11) is 0. The lowest BCUT2D eigenvalue weighted by atomic mass is 10.0. The van der Waals surface area contributed by atoms with Crippen molar-refractivity contribution < 1.29 is 4.74 Å². The molecule has 3 aromatic rings. The Morgan fingerprint density at radius 3 is 2.41 bits per heavy atom. The van der Waals surface area contributed by atoms with Gasteiger partial charge in [-0.3, -0.25) is 14.7 Å². The first-order valence-corrected chi connectivity index (χ1v) is 11.4. The van der Waals surface area contributed by atoms with Crippen molar-refractivity contribution in [3.8, 4) is 11.1 Å². The number of morpholine rings is 1. The van der Waals surface area contributed by atoms with Gasteiger partial charge in [0.15, 0.2) is 0 Å². The fourth-order valence-corrected chi connectivity index (χ4v) is 4.81. The summed E-state index contributed by atoms with van der Waals surface area (Å²) >= 11 is 0. The summed E-state index contributed by atoms with van der Waals surface area (Å²) in [6, 6.07) is 19.2. The number of anilines is 1. The second kappa shape index (κ2) is 8.88. The molecule has 0 saturated carbocycles. The van der Waals surface area contributed by atoms with Crippen molar-refractivity contribution in [2.75, 3.05) is 24.5 Å². The molecule has 32 heavy (non-hydrogen) atoms. The van der Waals surface area contributed by atoms with E-state index in [1.54, 1.807) is 0 Å². The van der Waals surface area contributed by atoms with Gasteiger partial charge in [0.2, 0.25) is 5.95 Å². The van der Waals surface area contributed by atoms with Crippen molar-refractivity contribution in [3.63, 3.8) is 0 Å². The summed E-state index contributed by atoms with van der Waals surface area (Å²) in [5.41, 5.74) is 5.47. The van der Waals surface area contributed by atoms with Crippen molar-refractivity contribution in [2.45, 2.75) is 45.6 Å². The van der Waals surface area contributed by atoms with E-state index in [0.717, 1.165) is 43.9 Å². The third kappa shape index (κ3) is 4.47. The monoisotopic (exact) mass is 430 g/mol. The Labute approximate surface area is 188 Å². The lowest BCUT2D eigenvalue weighted by molar-refractivity contribution is -0.00576. The summed E-state index contributed by atoms with van der Waals surface area (Å²) in [6.45, 7) is 8.01. The Morgan fingerprint density at radius 1 is 1.00 bits per heavy atom. The van der Waals surface area contributed by atoms with Crippen LogP contribution in [-0.2, 0) is 24.2 Å². The number of benzene rings is 2. The van der Waals surface area contributed by atoms with Crippen molar-refractivity contribution in [2.24, 2.45) is 0 Å². The Balaban J connectivity index is 1.31. The zero-order valence-electron chi connectivity index (χ0n) is 18.8. The third-order valence-corrected chi connectivity index (χ3v) is 6.33. The largest absolute Gasteiger partial charge is 0.372 e. The fraction of sp³-hybridized carbons (Fsp3) is 0.385. The second-order valence-corrected chi connectivity index (χ2v) is 9.00. The molecule has 166 valence electrons. The van der Waals surface area contributed by atoms with E-state index in [4.69, 9.17) is 9.72 Å². The molecule has 6 heteroatoms. The lowest BCUT2D eigenvalue weighted by Crippen LogP contribution is -2.47. The van der Waals surface area contributed by atoms with E-state index in [2.05, 4.69) is 77.2 Å². The zero-order chi connectivity index (χ0) is 22.1. The molecule has 2 atom stereocenters. The normalized spacial score (nSPS) is 21.4. The summed E-state index contributed by atoms with van der Waals surface area (Å²) in [6.07, 6.45) is 0.974. The molecular weight excluding hydrogens is 400 g/mol. The highest BCUT2D eigenvalue weighted by atomic mass is 16.5. The quantitative estimate of drug-likeness (QED) is 0.685. The topological polar surface area (TPSA) is 61.5 Å². The first kappa shape index (κ1) is 20.9. The molecule has 1 N–H and O–H groups in total. The number of aromatic nitrogens is 2. The molecule has 2 aliphatic heterocycles. The lowest BCUT2D eigenvalue weighted by Gasteiger charge is -2.36. The number of H-pyrrole nitrogens is 1. The van der Waals surface area contributed by atoms with Crippen LogP contribution in [0.15, 0.2) is 59.4 Å². The molecule has 0 amide bonds. The van der Waals surface area contributed by atoms with Gasteiger partial charge in [0.05, 0.1) is 17.9 Å². The molecule has 0 bridgehead atoms. The summed E-state index contributed by atoms with van der Waals surface area (Å²) < 4.78 is 5.83. The van der Waals surface area contributed by atoms with E-state index >= 15 is 0 Å². The number of fused-ring (bicyclic) bond motifs is 1. The highest BCUT2D eigenvalue weighted by molar-refractivity contribution is 5.63. The molecule has 0 radical (unpaired) electrons. The highest BCUT2D eigenvalue weighted by Gasteiger charge is 2.27. The van der Waals surface area contributed by atoms with Gasteiger partial charge < -0.3 is 9.64 Å². The second-order valence-electron chi connectivity index (χ2n) is 9.00. The van der Waals surface area contributed by atoms with Gasteiger partial charge in [-0.15, -0.1) is 0 Å². The van der Waals surface area contributed by atoms with E-state index < -0.39 is 0 Å². The van der Waals surface area contributed by atoms with Crippen LogP contribution < -0.4 is 10.5 Å². The van der Waals surface area contributed by atoms with E-state index in [1.165, 1.54) is 16.7 Å². The van der Waals surface area contributed by atoms with Crippen LogP contribution in [0.5, 0.6) is 0 Å². The Kier molecular flexibility index (Phi) is 5.81. The summed E-state index contributed by atoms with van der Waals surface area (Å²) in [5.74, 6) is 0.671. The van der Waals surface area contributed by atoms with Crippen LogP contribution in [0.2, 0.25) is 0 Å². The Bertz CT molecular complexity index is 1120. The van der Waals surface area contributed by atoms with E-state index in [0.29, 0.717) is 12.5 Å². The molecule has 2 aromatic carbocycles. The van der Waals surface area contributed by atoms with Crippen molar-refractivity contribution in [3.05, 3.63) is 81.8 Å². The van der Waals surface area contributed by atoms with Crippen LogP contribution in [0.1, 0.15) is 30.7 Å². The van der Waals surface area contributed by atoms with Gasteiger partial charge in [0.25, 0.3) is 5.56 Å². The van der Waals surface area contributed by atoms with Crippen LogP contribution in [0.25, 0.3) is 11.1 Å². The third-order valence-electron chi connectivity index (χ3n) is 6.33. The molecule has 5 rings (SSSR count). The number of nitrogens with zero attached hydrogens (tertiary/aromatic N) is 3. The van der Waals surface area contributed by atoms with Gasteiger partial charge >= 0.3 is 0 Å². The standard InChI is InChI=1S/C26H30N4O2/c1-18-14-30(15-19(2)32-18)26-27-24-17-29(13-12-23(24)25(31)28-26)16-20-8-10-22(11-9-20)21-6-4-3-5-7-21/h3-11,18-19H,12-17H2,1-2H3,(H,27,28,31)/t18-,19+. The van der Waals surface area contributed by atoms with Crippen molar-refractivity contribution in [1.82, 2.24) is 14.9 Å². The molecule has 3 heterocycles. The summed E-state index contributed by atoms with van der Waals surface area (Å²) in [5, 5.41) is 0. The van der Waals surface area contributed by atoms with Crippen LogP contribution in [0, 0.1) is 0 Å². The van der Waals surface area contributed by atoms with Gasteiger partial charge in [0.1, 0.15) is 0 Å². The minimum Gasteiger partial charge on any atom is -0.372 e. The molecule has 2 aliphatic rings. The zero-order valence-corrected chi connectivity index (χ0v) is 18.8. The number of nitrogens with one attached hydrogen (secondary N) is 1. The molecular formula is C26H30N4O2. The maximum Gasteiger partial charge on any atom is 0.255 e. The van der Waals surface area contributed by atoms with Gasteiger partial charge in [-0.05, 0) is 37.0 Å². The van der Waals surface area contributed by atoms with Crippen LogP contribution in [0.3, 0.4) is 0 Å². The van der Waals surface area contributed by atoms with Crippen LogP contribution in [0.4, 0.5) is 5.95 Å². The van der Waals surface area contributed by atoms with Crippen molar-refractivity contribution in [1.29, 1.82) is 0 Å². The van der Waals surface area contributed by atoms with Crippen molar-refractivity contribution >= 4 is 5.95 Å². The molecule has 0 spiro atoms. The maximum atomic E-state index is 12.8. The average molecular weight is 431 g/mol. The average Bonchev–Trinajstić information content (AvgIpc) is 2.79. The summed E-state index contributed by atoms with van der Waals surface area (Å²) in [4.78, 5) is 25.2. The molecule has 1 fully saturated rings. The number of hydrogen-bond donors (Lipinski definition) is 1. The Morgan fingerprint density at radius 2 is 1.69 bits per heavy atom. The maximum absolute atomic E-state index is 12.8. The first-order valence-electron chi connectivity index (χ1n) is 11.4. The van der Waals surface area contributed by atoms with Gasteiger partial charge in [-0.2, -0.15) is 0 Å². The predicted molar refractivity (Wildman–Crippen MR) is 127 cm³/mol. The smallest absolute Gasteiger partial charge is 0.255 e. The number of rotatable bonds is 4. The Hall–Kier alpha value is -2.96. The van der Waals surface area contributed by atoms with Crippen LogP contribution >= 0.6 is 0 Å². The first-order chi connectivity index (χ1) is 15.5. The molecule has 0 aliphatic carbocycles. The van der Waals surface area contributed by atoms with Crippen LogP contribution in [-0.4, -0.2) is 46.7 Å².